The summed E-state index contributed by atoms with van der Waals surface area (Å²) in [6.07, 6.45) is 12.2. The fourth-order valence-corrected chi connectivity index (χ4v) is 8.16. The van der Waals surface area contributed by atoms with Gasteiger partial charge in [-0.3, -0.25) is 9.00 Å². The smallest absolute Gasteiger partial charge is 0.276 e. The van der Waals surface area contributed by atoms with E-state index < -0.39 is 22.6 Å². The van der Waals surface area contributed by atoms with E-state index in [2.05, 4.69) is 25.1 Å². The fraction of sp³-hybridized carbons (Fsp3) is 0.618. The Balaban J connectivity index is 1.49. The van der Waals surface area contributed by atoms with Gasteiger partial charge >= 0.3 is 0 Å². The van der Waals surface area contributed by atoms with Gasteiger partial charge in [0.25, 0.3) is 5.92 Å². The first kappa shape index (κ1) is 32.7. The van der Waals surface area contributed by atoms with Gasteiger partial charge in [-0.25, -0.2) is 18.7 Å². The summed E-state index contributed by atoms with van der Waals surface area (Å²) in [6.45, 7) is 5.20. The van der Waals surface area contributed by atoms with E-state index in [1.807, 2.05) is 26.1 Å². The number of benzene rings is 1. The third kappa shape index (κ3) is 7.91. The average Bonchev–Trinajstić information content (AvgIpc) is 3.04. The molecule has 44 heavy (non-hydrogen) atoms. The molecule has 2 aromatic rings. The minimum Gasteiger partial charge on any atom is -0.363 e. The zero-order chi connectivity index (χ0) is 31.1. The molecule has 4 aliphatic rings. The van der Waals surface area contributed by atoms with Gasteiger partial charge in [-0.15, -0.1) is 0 Å². The molecular formula is C34H47F2N5O2S. The van der Waals surface area contributed by atoms with E-state index in [9.17, 15) is 9.00 Å². The number of anilines is 2. The Morgan fingerprint density at radius 2 is 1.70 bits per heavy atom. The maximum Gasteiger partial charge on any atom is 0.276 e. The highest BCUT2D eigenvalue weighted by Gasteiger charge is 2.42. The van der Waals surface area contributed by atoms with Crippen molar-refractivity contribution < 1.29 is 17.8 Å². The molecule has 6 rings (SSSR count). The van der Waals surface area contributed by atoms with Crippen LogP contribution < -0.4 is 10.2 Å². The molecule has 240 valence electrons. The number of alkyl halides is 2. The van der Waals surface area contributed by atoms with Crippen molar-refractivity contribution in [1.82, 2.24) is 14.9 Å². The summed E-state index contributed by atoms with van der Waals surface area (Å²) >= 11 is 0. The van der Waals surface area contributed by atoms with Crippen molar-refractivity contribution in [2.75, 3.05) is 54.9 Å². The minimum atomic E-state index is -2.90. The van der Waals surface area contributed by atoms with E-state index >= 15 is 8.78 Å². The Morgan fingerprint density at radius 1 is 1.00 bits per heavy atom. The van der Waals surface area contributed by atoms with E-state index in [0.29, 0.717) is 54.1 Å². The number of fused-ring (bicyclic) bond motifs is 10. The molecule has 0 radical (unpaired) electrons. The zero-order valence-corrected chi connectivity index (χ0v) is 27.0. The predicted molar refractivity (Wildman–Crippen MR) is 175 cm³/mol. The SMILES string of the molecule is C[C@H]1Nc2ncnc(c2/C=C(\C=O)C2CCS(=O)CC2)N(C)CCCCCCCN2CCC(CC2)C(F)(F)c2cccc1c2. The lowest BCUT2D eigenvalue weighted by Gasteiger charge is -2.36. The Hall–Kier alpha value is -2.72. The van der Waals surface area contributed by atoms with Crippen LogP contribution in [0.2, 0.25) is 0 Å². The normalized spacial score (nSPS) is 28.9. The molecule has 1 atom stereocenters. The molecule has 7 nitrogen and oxygen atoms in total. The van der Waals surface area contributed by atoms with Gasteiger partial charge in [0.2, 0.25) is 0 Å². The monoisotopic (exact) mass is 627 g/mol. The van der Waals surface area contributed by atoms with Crippen LogP contribution in [-0.2, 0) is 21.5 Å². The summed E-state index contributed by atoms with van der Waals surface area (Å²) in [7, 11) is 1.19. The number of hydrogen-bond acceptors (Lipinski definition) is 7. The van der Waals surface area contributed by atoms with Gasteiger partial charge in [-0.05, 0) is 94.3 Å². The van der Waals surface area contributed by atoms with Crippen molar-refractivity contribution in [2.24, 2.45) is 11.8 Å². The van der Waals surface area contributed by atoms with Crippen LogP contribution in [0, 0.1) is 11.8 Å². The molecule has 2 fully saturated rings. The number of nitrogens with one attached hydrogen (secondary N) is 1. The molecule has 0 aliphatic carbocycles. The lowest BCUT2D eigenvalue weighted by atomic mass is 9.85. The Labute approximate surface area is 263 Å². The Kier molecular flexibility index (Phi) is 11.2. The largest absolute Gasteiger partial charge is 0.363 e. The van der Waals surface area contributed by atoms with Crippen LogP contribution in [-0.4, -0.2) is 70.1 Å². The molecule has 1 N–H and O–H groups in total. The number of halogens is 2. The second kappa shape index (κ2) is 15.0. The zero-order valence-electron chi connectivity index (χ0n) is 26.1. The highest BCUT2D eigenvalue weighted by Crippen LogP contribution is 2.42. The van der Waals surface area contributed by atoms with Crippen LogP contribution in [0.1, 0.15) is 87.4 Å². The van der Waals surface area contributed by atoms with Crippen molar-refractivity contribution in [1.29, 1.82) is 0 Å². The Bertz CT molecular complexity index is 1320. The summed E-state index contributed by atoms with van der Waals surface area (Å²) in [4.78, 5) is 26.1. The van der Waals surface area contributed by atoms with Gasteiger partial charge in [-0.2, -0.15) is 0 Å². The third-order valence-corrected chi connectivity index (χ3v) is 11.1. The number of allylic oxidation sites excluding steroid dienone is 1. The van der Waals surface area contributed by atoms with Crippen molar-refractivity contribution in [3.63, 3.8) is 0 Å². The van der Waals surface area contributed by atoms with Crippen LogP contribution in [0.5, 0.6) is 0 Å². The average molecular weight is 628 g/mol. The fourth-order valence-electron chi connectivity index (χ4n) is 6.86. The number of piperidine rings is 1. The van der Waals surface area contributed by atoms with Crippen molar-refractivity contribution >= 4 is 34.8 Å². The summed E-state index contributed by atoms with van der Waals surface area (Å²) in [5.41, 5.74) is 2.18. The van der Waals surface area contributed by atoms with Gasteiger partial charge in [-0.1, -0.05) is 37.5 Å². The van der Waals surface area contributed by atoms with Crippen LogP contribution in [0.3, 0.4) is 0 Å². The number of carbonyl (C=O) groups is 1. The van der Waals surface area contributed by atoms with Gasteiger partial charge in [0.15, 0.2) is 0 Å². The third-order valence-electron chi connectivity index (χ3n) is 9.72. The van der Waals surface area contributed by atoms with Crippen molar-refractivity contribution in [3.8, 4) is 0 Å². The Morgan fingerprint density at radius 3 is 2.43 bits per heavy atom. The van der Waals surface area contributed by atoms with Gasteiger partial charge in [0.1, 0.15) is 24.2 Å². The van der Waals surface area contributed by atoms with Gasteiger partial charge < -0.3 is 15.1 Å². The molecule has 1 aromatic carbocycles. The minimum absolute atomic E-state index is 0.0295. The first-order valence-corrected chi connectivity index (χ1v) is 17.8. The van der Waals surface area contributed by atoms with Crippen LogP contribution in [0.15, 0.2) is 36.2 Å². The number of hydrogen-bond donors (Lipinski definition) is 1. The molecular weight excluding hydrogens is 580 g/mol. The highest BCUT2D eigenvalue weighted by atomic mass is 32.2. The number of aldehydes is 1. The molecule has 0 amide bonds. The van der Waals surface area contributed by atoms with E-state index in [1.165, 1.54) is 6.33 Å². The molecule has 0 saturated carbocycles. The molecule has 1 aromatic heterocycles. The van der Waals surface area contributed by atoms with Crippen LogP contribution in [0.25, 0.3) is 6.08 Å². The van der Waals surface area contributed by atoms with Crippen molar-refractivity contribution in [2.45, 2.75) is 76.7 Å². The first-order chi connectivity index (χ1) is 21.3. The van der Waals surface area contributed by atoms with Crippen LogP contribution in [0.4, 0.5) is 20.4 Å². The number of carbonyl (C=O) groups excluding carboxylic acids is 1. The molecule has 2 saturated heterocycles. The first-order valence-electron chi connectivity index (χ1n) is 16.3. The standard InChI is InChI=1S/C34H47F2N5O2S/c1-25-27-9-8-10-30(21-27)34(35,36)29-11-17-41(18-12-29)16-7-5-3-4-6-15-40(2)33-31(32(39-25)37-24-38-33)22-28(23-42)26-13-19-44(43)20-14-26/h8-10,21-26,29H,3-7,11-20H2,1-2H3,(H,37,38,39)/b28-22+/t25-,26?,44?/m1/s1. The van der Waals surface area contributed by atoms with Crippen LogP contribution >= 0.6 is 0 Å². The summed E-state index contributed by atoms with van der Waals surface area (Å²) < 4.78 is 43.7. The van der Waals surface area contributed by atoms with Gasteiger partial charge in [0.05, 0.1) is 5.56 Å². The maximum atomic E-state index is 15.9. The molecule has 10 heteroatoms. The number of rotatable bonds is 3. The molecule has 0 unspecified atom stereocenters. The molecule has 4 aliphatic heterocycles. The number of aromatic nitrogens is 2. The maximum absolute atomic E-state index is 15.9. The highest BCUT2D eigenvalue weighted by molar-refractivity contribution is 7.85. The quantitative estimate of drug-likeness (QED) is 0.304. The van der Waals surface area contributed by atoms with E-state index in [-0.39, 0.29) is 17.5 Å². The van der Waals surface area contributed by atoms with Crippen molar-refractivity contribution in [3.05, 3.63) is 52.9 Å². The van der Waals surface area contributed by atoms with Gasteiger partial charge in [0, 0.05) is 53.4 Å². The lowest BCUT2D eigenvalue weighted by Crippen LogP contribution is -2.40. The van der Waals surface area contributed by atoms with E-state index in [4.69, 9.17) is 0 Å². The second-order valence-electron chi connectivity index (χ2n) is 12.8. The predicted octanol–water partition coefficient (Wildman–Crippen LogP) is 6.59. The molecule has 0 spiro atoms. The van der Waals surface area contributed by atoms with E-state index in [1.54, 1.807) is 18.2 Å². The van der Waals surface area contributed by atoms with E-state index in [0.717, 1.165) is 76.0 Å². The summed E-state index contributed by atoms with van der Waals surface area (Å²) in [6, 6.07) is 6.46. The number of nitrogens with zero attached hydrogens (tertiary/aromatic N) is 4. The summed E-state index contributed by atoms with van der Waals surface area (Å²) in [5.74, 6) is -1.07. The lowest BCUT2D eigenvalue weighted by molar-refractivity contribution is -0.105. The molecule has 5 heterocycles. The summed E-state index contributed by atoms with van der Waals surface area (Å²) in [5, 5.41) is 3.47. The topological polar surface area (TPSA) is 78.4 Å². The second-order valence-corrected chi connectivity index (χ2v) is 14.5. The molecule has 6 bridgehead atoms.